The Morgan fingerprint density at radius 2 is 1.75 bits per heavy atom. The maximum Gasteiger partial charge on any atom is 0.133 e. The van der Waals surface area contributed by atoms with Crippen LogP contribution in [0.5, 0.6) is 0 Å². The van der Waals surface area contributed by atoms with Crippen molar-refractivity contribution in [3.05, 3.63) is 64.4 Å². The largest absolute Gasteiger partial charge is 0.370 e. The quantitative estimate of drug-likeness (QED) is 0.657. The molecule has 0 atom stereocenters. The molecule has 2 aromatic carbocycles. The zero-order valence-corrected chi connectivity index (χ0v) is 14.7. The van der Waals surface area contributed by atoms with E-state index in [1.54, 1.807) is 12.1 Å². The van der Waals surface area contributed by atoms with Gasteiger partial charge in [-0.1, -0.05) is 28.1 Å². The van der Waals surface area contributed by atoms with Gasteiger partial charge in [-0.25, -0.2) is 9.07 Å². The van der Waals surface area contributed by atoms with Gasteiger partial charge in [-0.15, -0.1) is 0 Å². The van der Waals surface area contributed by atoms with Gasteiger partial charge in [0.2, 0.25) is 0 Å². The average Bonchev–Trinajstić information content (AvgIpc) is 2.78. The fourth-order valence-electron chi connectivity index (χ4n) is 3.11. The molecule has 0 amide bonds. The van der Waals surface area contributed by atoms with Crippen molar-refractivity contribution in [3.63, 3.8) is 0 Å². The van der Waals surface area contributed by atoms with E-state index in [0.29, 0.717) is 0 Å². The lowest BCUT2D eigenvalue weighted by Crippen LogP contribution is -2.07. The highest BCUT2D eigenvalue weighted by Crippen LogP contribution is 2.34. The van der Waals surface area contributed by atoms with Crippen LogP contribution in [0, 0.1) is 5.82 Å². The molecule has 2 heterocycles. The summed E-state index contributed by atoms with van der Waals surface area (Å²) in [6, 6.07) is 14.7. The van der Waals surface area contributed by atoms with Gasteiger partial charge in [-0.3, -0.25) is 0 Å². The van der Waals surface area contributed by atoms with E-state index in [2.05, 4.69) is 33.4 Å². The van der Waals surface area contributed by atoms with Gasteiger partial charge >= 0.3 is 0 Å². The van der Waals surface area contributed by atoms with Crippen molar-refractivity contribution >= 4 is 21.7 Å². The second kappa shape index (κ2) is 6.40. The fraction of sp³-hybridized carbons (Fsp3) is 0.211. The standard InChI is InChI=1S/C19H17BrFN3/c20-14-6-4-13(5-7-14)18-17-3-1-2-12-22-19(17)24(23-18)16-10-8-15(21)9-11-16/h4-11,22H,1-3,12H2. The van der Waals surface area contributed by atoms with Gasteiger partial charge in [-0.2, -0.15) is 5.10 Å². The number of nitrogens with zero attached hydrogens (tertiary/aromatic N) is 2. The highest BCUT2D eigenvalue weighted by atomic mass is 79.9. The summed E-state index contributed by atoms with van der Waals surface area (Å²) in [6.07, 6.45) is 3.27. The summed E-state index contributed by atoms with van der Waals surface area (Å²) in [4.78, 5) is 0. The molecule has 0 radical (unpaired) electrons. The highest BCUT2D eigenvalue weighted by molar-refractivity contribution is 9.10. The minimum atomic E-state index is -0.238. The monoisotopic (exact) mass is 385 g/mol. The zero-order chi connectivity index (χ0) is 16.5. The minimum absolute atomic E-state index is 0.238. The number of fused-ring (bicyclic) bond motifs is 1. The molecule has 1 N–H and O–H groups in total. The van der Waals surface area contributed by atoms with Crippen LogP contribution in [0.1, 0.15) is 18.4 Å². The summed E-state index contributed by atoms with van der Waals surface area (Å²) in [5, 5.41) is 8.36. The lowest BCUT2D eigenvalue weighted by molar-refractivity contribution is 0.627. The van der Waals surface area contributed by atoms with Crippen molar-refractivity contribution in [3.8, 4) is 16.9 Å². The normalized spacial score (nSPS) is 13.9. The summed E-state index contributed by atoms with van der Waals surface area (Å²) in [5.74, 6) is 0.787. The molecule has 5 heteroatoms. The van der Waals surface area contributed by atoms with Crippen molar-refractivity contribution in [2.45, 2.75) is 19.3 Å². The average molecular weight is 386 g/mol. The maximum atomic E-state index is 13.3. The molecule has 0 saturated carbocycles. The Morgan fingerprint density at radius 3 is 2.50 bits per heavy atom. The van der Waals surface area contributed by atoms with Crippen LogP contribution in [-0.2, 0) is 6.42 Å². The van der Waals surface area contributed by atoms with Crippen LogP contribution >= 0.6 is 15.9 Å². The molecule has 0 aliphatic carbocycles. The lowest BCUT2D eigenvalue weighted by atomic mass is 10.0. The van der Waals surface area contributed by atoms with Gasteiger partial charge in [0.05, 0.1) is 11.4 Å². The van der Waals surface area contributed by atoms with Gasteiger partial charge in [0.15, 0.2) is 0 Å². The van der Waals surface area contributed by atoms with Gasteiger partial charge in [-0.05, 0) is 55.7 Å². The van der Waals surface area contributed by atoms with Crippen LogP contribution in [0.3, 0.4) is 0 Å². The molecule has 0 fully saturated rings. The van der Waals surface area contributed by atoms with Crippen LogP contribution in [0.4, 0.5) is 10.2 Å². The van der Waals surface area contributed by atoms with Crippen molar-refractivity contribution in [2.24, 2.45) is 0 Å². The Morgan fingerprint density at radius 1 is 1.00 bits per heavy atom. The van der Waals surface area contributed by atoms with Gasteiger partial charge in [0, 0.05) is 22.1 Å². The first kappa shape index (κ1) is 15.4. The molecular formula is C19H17BrFN3. The van der Waals surface area contributed by atoms with E-state index >= 15 is 0 Å². The molecule has 1 aromatic heterocycles. The first-order valence-corrected chi connectivity index (χ1v) is 8.89. The molecule has 122 valence electrons. The van der Waals surface area contributed by atoms with Crippen LogP contribution in [0.2, 0.25) is 0 Å². The van der Waals surface area contributed by atoms with Crippen LogP contribution in [0.25, 0.3) is 16.9 Å². The summed E-state index contributed by atoms with van der Waals surface area (Å²) in [6.45, 7) is 0.930. The van der Waals surface area contributed by atoms with Crippen molar-refractivity contribution in [1.82, 2.24) is 9.78 Å². The molecule has 0 unspecified atom stereocenters. The maximum absolute atomic E-state index is 13.3. The van der Waals surface area contributed by atoms with E-state index in [4.69, 9.17) is 5.10 Å². The second-order valence-corrected chi connectivity index (χ2v) is 6.87. The Bertz CT molecular complexity index is 784. The summed E-state index contributed by atoms with van der Waals surface area (Å²) in [5.41, 5.74) is 4.19. The van der Waals surface area contributed by atoms with Crippen LogP contribution < -0.4 is 5.32 Å². The summed E-state index contributed by atoms with van der Waals surface area (Å²) >= 11 is 3.48. The zero-order valence-electron chi connectivity index (χ0n) is 13.1. The molecule has 0 spiro atoms. The van der Waals surface area contributed by atoms with Crippen molar-refractivity contribution < 1.29 is 4.39 Å². The summed E-state index contributed by atoms with van der Waals surface area (Å²) < 4.78 is 16.2. The van der Waals surface area contributed by atoms with E-state index in [0.717, 1.165) is 53.0 Å². The molecule has 0 saturated heterocycles. The van der Waals surface area contributed by atoms with E-state index in [9.17, 15) is 4.39 Å². The van der Waals surface area contributed by atoms with Crippen LogP contribution in [-0.4, -0.2) is 16.3 Å². The molecular weight excluding hydrogens is 369 g/mol. The number of hydrogen-bond donors (Lipinski definition) is 1. The van der Waals surface area contributed by atoms with Gasteiger partial charge in [0.25, 0.3) is 0 Å². The van der Waals surface area contributed by atoms with E-state index in [-0.39, 0.29) is 5.82 Å². The molecule has 3 aromatic rings. The SMILES string of the molecule is Fc1ccc(-n2nc(-c3ccc(Br)cc3)c3c2NCCCC3)cc1. The number of hydrogen-bond acceptors (Lipinski definition) is 2. The first-order valence-electron chi connectivity index (χ1n) is 8.10. The Kier molecular flexibility index (Phi) is 4.10. The van der Waals surface area contributed by atoms with Gasteiger partial charge in [0.1, 0.15) is 11.6 Å². The minimum Gasteiger partial charge on any atom is -0.370 e. The third-order valence-corrected chi connectivity index (χ3v) is 4.85. The number of halogens is 2. The van der Waals surface area contributed by atoms with E-state index in [1.807, 2.05) is 16.8 Å². The number of benzene rings is 2. The number of nitrogens with one attached hydrogen (secondary N) is 1. The number of anilines is 1. The van der Waals surface area contributed by atoms with Crippen molar-refractivity contribution in [2.75, 3.05) is 11.9 Å². The molecule has 24 heavy (non-hydrogen) atoms. The molecule has 1 aliphatic heterocycles. The molecule has 1 aliphatic rings. The molecule has 3 nitrogen and oxygen atoms in total. The first-order chi connectivity index (χ1) is 11.7. The topological polar surface area (TPSA) is 29.9 Å². The number of rotatable bonds is 2. The highest BCUT2D eigenvalue weighted by Gasteiger charge is 2.21. The Labute approximate surface area is 148 Å². The second-order valence-electron chi connectivity index (χ2n) is 5.95. The lowest BCUT2D eigenvalue weighted by Gasteiger charge is -2.09. The predicted octanol–water partition coefficient (Wildman–Crippen LogP) is 5.19. The summed E-state index contributed by atoms with van der Waals surface area (Å²) in [7, 11) is 0. The fourth-order valence-corrected chi connectivity index (χ4v) is 3.38. The Balaban J connectivity index is 1.88. The van der Waals surface area contributed by atoms with Gasteiger partial charge < -0.3 is 5.32 Å². The van der Waals surface area contributed by atoms with E-state index < -0.39 is 0 Å². The van der Waals surface area contributed by atoms with Crippen LogP contribution in [0.15, 0.2) is 53.0 Å². The molecule has 4 rings (SSSR count). The number of aromatic nitrogens is 2. The predicted molar refractivity (Wildman–Crippen MR) is 98.1 cm³/mol. The Hall–Kier alpha value is -2.14. The van der Waals surface area contributed by atoms with Crippen molar-refractivity contribution in [1.29, 1.82) is 0 Å². The smallest absolute Gasteiger partial charge is 0.133 e. The van der Waals surface area contributed by atoms with E-state index in [1.165, 1.54) is 17.7 Å². The third kappa shape index (κ3) is 2.84. The third-order valence-electron chi connectivity index (χ3n) is 4.32. The molecule has 0 bridgehead atoms.